The van der Waals surface area contributed by atoms with E-state index in [9.17, 15) is 0 Å². The van der Waals surface area contributed by atoms with E-state index in [-0.39, 0.29) is 0 Å². The van der Waals surface area contributed by atoms with Crippen molar-refractivity contribution in [2.24, 2.45) is 7.05 Å². The number of nitrogens with one attached hydrogen (secondary N) is 1. The Labute approximate surface area is 98.4 Å². The molecule has 0 bridgehead atoms. The first-order valence-corrected chi connectivity index (χ1v) is 5.90. The minimum Gasteiger partial charge on any atom is -0.348 e. The summed E-state index contributed by atoms with van der Waals surface area (Å²) in [5, 5.41) is 4.48. The Kier molecular flexibility index (Phi) is 3.12. The fourth-order valence-corrected chi connectivity index (χ4v) is 2.25. The molecule has 3 heteroatoms. The maximum atomic E-state index is 3.50. The molecular weight excluding hydrogens is 252 g/mol. The lowest BCUT2D eigenvalue weighted by atomic mass is 10.2. The fourth-order valence-electron chi connectivity index (χ4n) is 1.87. The van der Waals surface area contributed by atoms with Crippen LogP contribution in [0.4, 0.5) is 0 Å². The lowest BCUT2D eigenvalue weighted by molar-refractivity contribution is 0.746. The van der Waals surface area contributed by atoms with E-state index in [1.165, 1.54) is 16.6 Å². The van der Waals surface area contributed by atoms with Crippen molar-refractivity contribution < 1.29 is 0 Å². The van der Waals surface area contributed by atoms with Crippen LogP contribution in [0.3, 0.4) is 0 Å². The van der Waals surface area contributed by atoms with E-state index in [4.69, 9.17) is 0 Å². The number of hydrogen-bond acceptors (Lipinski definition) is 1. The van der Waals surface area contributed by atoms with Crippen LogP contribution in [0.1, 0.15) is 5.69 Å². The molecular formula is C12H15BrN2. The molecule has 0 aliphatic carbocycles. The van der Waals surface area contributed by atoms with Gasteiger partial charge in [0.25, 0.3) is 0 Å². The minimum atomic E-state index is 1.02. The Hall–Kier alpha value is -0.800. The monoisotopic (exact) mass is 266 g/mol. The Bertz CT molecular complexity index is 474. The molecule has 0 aliphatic heterocycles. The molecule has 0 amide bonds. The summed E-state index contributed by atoms with van der Waals surface area (Å²) in [4.78, 5) is 0. The second kappa shape index (κ2) is 4.37. The summed E-state index contributed by atoms with van der Waals surface area (Å²) in [5.41, 5.74) is 2.67. The van der Waals surface area contributed by atoms with Crippen molar-refractivity contribution in [3.8, 4) is 0 Å². The van der Waals surface area contributed by atoms with Crippen LogP contribution in [0.15, 0.2) is 28.7 Å². The predicted octanol–water partition coefficient (Wildman–Crippen LogP) is 2.70. The van der Waals surface area contributed by atoms with Crippen LogP contribution in [0.25, 0.3) is 10.9 Å². The van der Waals surface area contributed by atoms with E-state index in [1.54, 1.807) is 0 Å². The molecule has 0 saturated heterocycles. The standard InChI is InChI=1S/C12H15BrN2/c1-14-6-5-11-8-9-7-10(13)3-4-12(9)15(11)2/h3-4,7-8,14H,5-6H2,1-2H3. The molecule has 2 aromatic rings. The first-order valence-electron chi connectivity index (χ1n) is 5.11. The number of nitrogens with zero attached hydrogens (tertiary/aromatic N) is 1. The molecule has 1 aromatic heterocycles. The summed E-state index contributed by atoms with van der Waals surface area (Å²) < 4.78 is 3.40. The third-order valence-corrected chi connectivity index (χ3v) is 3.23. The molecule has 15 heavy (non-hydrogen) atoms. The highest BCUT2D eigenvalue weighted by Gasteiger charge is 2.04. The highest BCUT2D eigenvalue weighted by Crippen LogP contribution is 2.22. The van der Waals surface area contributed by atoms with E-state index in [0.29, 0.717) is 0 Å². The van der Waals surface area contributed by atoms with E-state index in [1.807, 2.05) is 7.05 Å². The molecule has 0 atom stereocenters. The summed E-state index contributed by atoms with van der Waals surface area (Å²) in [6.07, 6.45) is 1.07. The number of hydrogen-bond donors (Lipinski definition) is 1. The lowest BCUT2D eigenvalue weighted by Gasteiger charge is -2.03. The van der Waals surface area contributed by atoms with Gasteiger partial charge in [-0.15, -0.1) is 0 Å². The Morgan fingerprint density at radius 2 is 2.13 bits per heavy atom. The maximum absolute atomic E-state index is 3.50. The second-order valence-electron chi connectivity index (χ2n) is 3.75. The van der Waals surface area contributed by atoms with Gasteiger partial charge in [0.05, 0.1) is 0 Å². The molecule has 2 rings (SSSR count). The number of fused-ring (bicyclic) bond motifs is 1. The van der Waals surface area contributed by atoms with Crippen molar-refractivity contribution in [2.45, 2.75) is 6.42 Å². The van der Waals surface area contributed by atoms with Crippen LogP contribution in [0, 0.1) is 0 Å². The SMILES string of the molecule is CNCCc1cc2cc(Br)ccc2n1C. The van der Waals surface area contributed by atoms with Gasteiger partial charge in [0.1, 0.15) is 0 Å². The lowest BCUT2D eigenvalue weighted by Crippen LogP contribution is -2.12. The number of aromatic nitrogens is 1. The second-order valence-corrected chi connectivity index (χ2v) is 4.67. The van der Waals surface area contributed by atoms with Crippen molar-refractivity contribution in [3.05, 3.63) is 34.4 Å². The van der Waals surface area contributed by atoms with Gasteiger partial charge in [-0.1, -0.05) is 15.9 Å². The summed E-state index contributed by atoms with van der Waals surface area (Å²) in [5.74, 6) is 0. The third kappa shape index (κ3) is 2.08. The van der Waals surface area contributed by atoms with E-state index in [0.717, 1.165) is 17.4 Å². The Balaban J connectivity index is 2.44. The molecule has 1 N–H and O–H groups in total. The van der Waals surface area contributed by atoms with Gasteiger partial charge in [-0.25, -0.2) is 0 Å². The molecule has 1 heterocycles. The predicted molar refractivity (Wildman–Crippen MR) is 68.2 cm³/mol. The summed E-state index contributed by atoms with van der Waals surface area (Å²) in [6, 6.07) is 8.67. The van der Waals surface area contributed by atoms with Crippen LogP contribution in [-0.2, 0) is 13.5 Å². The van der Waals surface area contributed by atoms with Gasteiger partial charge in [-0.2, -0.15) is 0 Å². The largest absolute Gasteiger partial charge is 0.348 e. The van der Waals surface area contributed by atoms with Gasteiger partial charge in [0, 0.05) is 41.1 Å². The van der Waals surface area contributed by atoms with Gasteiger partial charge >= 0.3 is 0 Å². The topological polar surface area (TPSA) is 17.0 Å². The van der Waals surface area contributed by atoms with Gasteiger partial charge in [-0.3, -0.25) is 0 Å². The Morgan fingerprint density at radius 1 is 1.33 bits per heavy atom. The molecule has 0 fully saturated rings. The molecule has 2 nitrogen and oxygen atoms in total. The first-order chi connectivity index (χ1) is 7.22. The highest BCUT2D eigenvalue weighted by molar-refractivity contribution is 9.10. The van der Waals surface area contributed by atoms with E-state index in [2.05, 4.69) is 57.1 Å². The number of halogens is 1. The summed E-state index contributed by atoms with van der Waals surface area (Å²) in [7, 11) is 4.11. The molecule has 80 valence electrons. The fraction of sp³-hybridized carbons (Fsp3) is 0.333. The summed E-state index contributed by atoms with van der Waals surface area (Å²) >= 11 is 3.50. The van der Waals surface area contributed by atoms with E-state index >= 15 is 0 Å². The van der Waals surface area contributed by atoms with Crippen LogP contribution in [-0.4, -0.2) is 18.2 Å². The molecule has 0 unspecified atom stereocenters. The van der Waals surface area contributed by atoms with Crippen LogP contribution < -0.4 is 5.32 Å². The number of likely N-dealkylation sites (N-methyl/N-ethyl adjacent to an activating group) is 1. The van der Waals surface area contributed by atoms with Gasteiger partial charge in [0.2, 0.25) is 0 Å². The zero-order valence-corrected chi connectivity index (χ0v) is 10.6. The number of benzene rings is 1. The van der Waals surface area contributed by atoms with Crippen molar-refractivity contribution in [1.29, 1.82) is 0 Å². The average Bonchev–Trinajstić information content (AvgIpc) is 2.52. The maximum Gasteiger partial charge on any atom is 0.0480 e. The molecule has 0 spiro atoms. The van der Waals surface area contributed by atoms with Gasteiger partial charge < -0.3 is 9.88 Å². The van der Waals surface area contributed by atoms with Gasteiger partial charge in [-0.05, 0) is 31.3 Å². The number of aryl methyl sites for hydroxylation is 1. The van der Waals surface area contributed by atoms with Gasteiger partial charge in [0.15, 0.2) is 0 Å². The summed E-state index contributed by atoms with van der Waals surface area (Å²) in [6.45, 7) is 1.02. The zero-order valence-electron chi connectivity index (χ0n) is 9.05. The Morgan fingerprint density at radius 3 is 2.87 bits per heavy atom. The smallest absolute Gasteiger partial charge is 0.0480 e. The third-order valence-electron chi connectivity index (χ3n) is 2.74. The normalized spacial score (nSPS) is 11.1. The van der Waals surface area contributed by atoms with Crippen molar-refractivity contribution in [1.82, 2.24) is 9.88 Å². The minimum absolute atomic E-state index is 1.02. The molecule has 0 aliphatic rings. The van der Waals surface area contributed by atoms with Crippen LogP contribution in [0.2, 0.25) is 0 Å². The molecule has 1 aromatic carbocycles. The quantitative estimate of drug-likeness (QED) is 0.904. The van der Waals surface area contributed by atoms with Crippen LogP contribution in [0.5, 0.6) is 0 Å². The first kappa shape index (κ1) is 10.7. The van der Waals surface area contributed by atoms with Crippen molar-refractivity contribution in [2.75, 3.05) is 13.6 Å². The van der Waals surface area contributed by atoms with Crippen molar-refractivity contribution >= 4 is 26.8 Å². The van der Waals surface area contributed by atoms with E-state index < -0.39 is 0 Å². The highest BCUT2D eigenvalue weighted by atomic mass is 79.9. The average molecular weight is 267 g/mol. The van der Waals surface area contributed by atoms with Crippen LogP contribution >= 0.6 is 15.9 Å². The molecule has 0 saturated carbocycles. The number of rotatable bonds is 3. The molecule has 0 radical (unpaired) electrons. The zero-order chi connectivity index (χ0) is 10.8. The van der Waals surface area contributed by atoms with Crippen molar-refractivity contribution in [3.63, 3.8) is 0 Å².